The molecule has 0 amide bonds. The van der Waals surface area contributed by atoms with Crippen molar-refractivity contribution in [1.82, 2.24) is 5.32 Å². The monoisotopic (exact) mass is 159 g/mol. The van der Waals surface area contributed by atoms with Crippen LogP contribution in [0.4, 0.5) is 0 Å². The van der Waals surface area contributed by atoms with Gasteiger partial charge in [0.2, 0.25) is 0 Å². The molecule has 1 rings (SSSR count). The number of rotatable bonds is 3. The Morgan fingerprint density at radius 1 is 1.73 bits per heavy atom. The Morgan fingerprint density at radius 2 is 2.45 bits per heavy atom. The summed E-state index contributed by atoms with van der Waals surface area (Å²) in [6, 6.07) is 0. The predicted octanol–water partition coefficient (Wildman–Crippen LogP) is 0.136. The zero-order chi connectivity index (χ0) is 8.32. The van der Waals surface area contributed by atoms with Gasteiger partial charge >= 0.3 is 0 Å². The molecule has 3 nitrogen and oxygen atoms in total. The molecule has 1 aliphatic rings. The predicted molar refractivity (Wildman–Crippen MR) is 43.5 cm³/mol. The van der Waals surface area contributed by atoms with Crippen molar-refractivity contribution in [3.05, 3.63) is 0 Å². The normalized spacial score (nSPS) is 37.9. The summed E-state index contributed by atoms with van der Waals surface area (Å²) in [6.45, 7) is 3.16. The van der Waals surface area contributed by atoms with Crippen LogP contribution in [-0.4, -0.2) is 37.0 Å². The molecule has 0 unspecified atom stereocenters. The third kappa shape index (κ3) is 1.72. The van der Waals surface area contributed by atoms with E-state index in [-0.39, 0.29) is 18.2 Å². The summed E-state index contributed by atoms with van der Waals surface area (Å²) >= 11 is 0. The van der Waals surface area contributed by atoms with Crippen LogP contribution < -0.4 is 5.32 Å². The van der Waals surface area contributed by atoms with E-state index in [0.717, 1.165) is 19.4 Å². The van der Waals surface area contributed by atoms with Crippen LogP contribution in [0.2, 0.25) is 0 Å². The number of aliphatic hydroxyl groups excluding tert-OH is 1. The Morgan fingerprint density at radius 3 is 2.73 bits per heavy atom. The second kappa shape index (κ2) is 3.52. The van der Waals surface area contributed by atoms with Gasteiger partial charge in [-0.3, -0.25) is 0 Å². The summed E-state index contributed by atoms with van der Waals surface area (Å²) in [6.07, 6.45) is 2.17. The molecule has 0 aliphatic carbocycles. The van der Waals surface area contributed by atoms with Crippen molar-refractivity contribution < 1.29 is 9.84 Å². The van der Waals surface area contributed by atoms with Crippen molar-refractivity contribution in [3.63, 3.8) is 0 Å². The molecule has 0 bridgehead atoms. The van der Waals surface area contributed by atoms with Gasteiger partial charge in [0.05, 0.1) is 12.7 Å². The van der Waals surface area contributed by atoms with Gasteiger partial charge in [0.1, 0.15) is 0 Å². The second-order valence-electron chi connectivity index (χ2n) is 3.23. The first-order valence-corrected chi connectivity index (χ1v) is 4.15. The molecule has 0 aromatic carbocycles. The maximum absolute atomic E-state index is 9.11. The van der Waals surface area contributed by atoms with E-state index in [4.69, 9.17) is 9.84 Å². The second-order valence-corrected chi connectivity index (χ2v) is 3.23. The van der Waals surface area contributed by atoms with Crippen molar-refractivity contribution >= 4 is 0 Å². The topological polar surface area (TPSA) is 41.5 Å². The maximum Gasteiger partial charge on any atom is 0.0714 e. The van der Waals surface area contributed by atoms with Crippen molar-refractivity contribution in [2.75, 3.05) is 20.3 Å². The van der Waals surface area contributed by atoms with Crippen molar-refractivity contribution in [1.29, 1.82) is 0 Å². The van der Waals surface area contributed by atoms with E-state index in [1.807, 2.05) is 0 Å². The van der Waals surface area contributed by atoms with Crippen molar-refractivity contribution in [2.45, 2.75) is 31.4 Å². The van der Waals surface area contributed by atoms with Crippen LogP contribution in [0.5, 0.6) is 0 Å². The highest BCUT2D eigenvalue weighted by Crippen LogP contribution is 2.23. The van der Waals surface area contributed by atoms with E-state index < -0.39 is 0 Å². The lowest BCUT2D eigenvalue weighted by Gasteiger charge is -2.24. The molecule has 11 heavy (non-hydrogen) atoms. The lowest BCUT2D eigenvalue weighted by Crippen LogP contribution is -2.42. The average molecular weight is 159 g/mol. The molecule has 2 N–H and O–H groups in total. The highest BCUT2D eigenvalue weighted by molar-refractivity contribution is 4.95. The quantitative estimate of drug-likeness (QED) is 0.615. The van der Waals surface area contributed by atoms with Crippen molar-refractivity contribution in [2.24, 2.45) is 0 Å². The standard InChI is InChI=1S/C8H17NO2/c1-3-8(6-10)4-7(11-2)5-9-8/h7,9-10H,3-6H2,1-2H3/t7-,8+/m1/s1. The molecule has 66 valence electrons. The minimum atomic E-state index is -0.0688. The first-order chi connectivity index (χ1) is 5.26. The van der Waals surface area contributed by atoms with Gasteiger partial charge in [-0.1, -0.05) is 6.92 Å². The Hall–Kier alpha value is -0.120. The summed E-state index contributed by atoms with van der Waals surface area (Å²) in [5.41, 5.74) is -0.0688. The molecule has 0 aromatic rings. The maximum atomic E-state index is 9.11. The Labute approximate surface area is 67.7 Å². The summed E-state index contributed by atoms with van der Waals surface area (Å²) in [5, 5.41) is 12.4. The molecule has 2 atom stereocenters. The van der Waals surface area contributed by atoms with E-state index in [0.29, 0.717) is 0 Å². The lowest BCUT2D eigenvalue weighted by molar-refractivity contribution is 0.100. The van der Waals surface area contributed by atoms with Gasteiger partial charge in [-0.2, -0.15) is 0 Å². The molecular formula is C8H17NO2. The Kier molecular flexibility index (Phi) is 2.87. The molecule has 0 radical (unpaired) electrons. The number of aliphatic hydroxyl groups is 1. The van der Waals surface area contributed by atoms with Gasteiger partial charge in [0.25, 0.3) is 0 Å². The van der Waals surface area contributed by atoms with Gasteiger partial charge < -0.3 is 15.2 Å². The zero-order valence-corrected chi connectivity index (χ0v) is 7.26. The van der Waals surface area contributed by atoms with Crippen LogP contribution >= 0.6 is 0 Å². The zero-order valence-electron chi connectivity index (χ0n) is 7.26. The first-order valence-electron chi connectivity index (χ1n) is 4.15. The number of hydrogen-bond acceptors (Lipinski definition) is 3. The van der Waals surface area contributed by atoms with E-state index >= 15 is 0 Å². The molecule has 1 heterocycles. The molecule has 3 heteroatoms. The van der Waals surface area contributed by atoms with Gasteiger partial charge in [0.15, 0.2) is 0 Å². The van der Waals surface area contributed by atoms with E-state index in [9.17, 15) is 0 Å². The van der Waals surface area contributed by atoms with Crippen LogP contribution in [0.15, 0.2) is 0 Å². The fourth-order valence-electron chi connectivity index (χ4n) is 1.58. The Balaban J connectivity index is 2.48. The van der Waals surface area contributed by atoms with Gasteiger partial charge in [0, 0.05) is 19.2 Å². The van der Waals surface area contributed by atoms with Crippen LogP contribution in [-0.2, 0) is 4.74 Å². The molecule has 1 fully saturated rings. The van der Waals surface area contributed by atoms with Crippen LogP contribution in [0.1, 0.15) is 19.8 Å². The highest BCUT2D eigenvalue weighted by atomic mass is 16.5. The number of methoxy groups -OCH3 is 1. The summed E-state index contributed by atoms with van der Waals surface area (Å²) in [4.78, 5) is 0. The minimum absolute atomic E-state index is 0.0688. The van der Waals surface area contributed by atoms with E-state index in [1.54, 1.807) is 7.11 Å². The lowest BCUT2D eigenvalue weighted by atomic mass is 9.95. The highest BCUT2D eigenvalue weighted by Gasteiger charge is 2.36. The third-order valence-corrected chi connectivity index (χ3v) is 2.64. The largest absolute Gasteiger partial charge is 0.394 e. The van der Waals surface area contributed by atoms with Crippen LogP contribution in [0.25, 0.3) is 0 Å². The summed E-state index contributed by atoms with van der Waals surface area (Å²) < 4.78 is 5.20. The minimum Gasteiger partial charge on any atom is -0.394 e. The molecule has 0 aromatic heterocycles. The van der Waals surface area contributed by atoms with E-state index in [2.05, 4.69) is 12.2 Å². The molecule has 1 aliphatic heterocycles. The molecule has 0 spiro atoms. The Bertz CT molecular complexity index is 123. The first kappa shape index (κ1) is 8.97. The molecular weight excluding hydrogens is 142 g/mol. The van der Waals surface area contributed by atoms with Gasteiger partial charge in [-0.05, 0) is 12.8 Å². The average Bonchev–Trinajstić information content (AvgIpc) is 2.49. The number of hydrogen-bond donors (Lipinski definition) is 2. The van der Waals surface area contributed by atoms with Crippen LogP contribution in [0.3, 0.4) is 0 Å². The smallest absolute Gasteiger partial charge is 0.0714 e. The summed E-state index contributed by atoms with van der Waals surface area (Å²) in [7, 11) is 1.72. The number of ether oxygens (including phenoxy) is 1. The fourth-order valence-corrected chi connectivity index (χ4v) is 1.58. The SMILES string of the molecule is CC[C@@]1(CO)C[C@@H](OC)CN1. The van der Waals surface area contributed by atoms with Gasteiger partial charge in [-0.15, -0.1) is 0 Å². The molecule has 1 saturated heterocycles. The fraction of sp³-hybridized carbons (Fsp3) is 1.00. The molecule has 0 saturated carbocycles. The van der Waals surface area contributed by atoms with Gasteiger partial charge in [-0.25, -0.2) is 0 Å². The summed E-state index contributed by atoms with van der Waals surface area (Å²) in [5.74, 6) is 0. The number of nitrogens with one attached hydrogen (secondary N) is 1. The van der Waals surface area contributed by atoms with E-state index in [1.165, 1.54) is 0 Å². The van der Waals surface area contributed by atoms with Crippen LogP contribution in [0, 0.1) is 0 Å². The third-order valence-electron chi connectivity index (χ3n) is 2.64. The van der Waals surface area contributed by atoms with Crippen molar-refractivity contribution in [3.8, 4) is 0 Å².